The van der Waals surface area contributed by atoms with Crippen LogP contribution in [0.1, 0.15) is 30.2 Å². The first-order valence-electron chi connectivity index (χ1n) is 9.84. The third-order valence-electron chi connectivity index (χ3n) is 4.86. The lowest BCUT2D eigenvalue weighted by Crippen LogP contribution is -2.11. The van der Waals surface area contributed by atoms with Gasteiger partial charge in [0, 0.05) is 5.56 Å². The van der Waals surface area contributed by atoms with Crippen LogP contribution < -0.4 is 0 Å². The zero-order valence-electron chi connectivity index (χ0n) is 17.1. The number of alkyl halides is 6. The van der Waals surface area contributed by atoms with E-state index in [-0.39, 0.29) is 12.0 Å². The summed E-state index contributed by atoms with van der Waals surface area (Å²) < 4.78 is 86.0. The molecule has 0 radical (unpaired) electrons. The number of hydrogen-bond acceptors (Lipinski definition) is 4. The van der Waals surface area contributed by atoms with E-state index in [0.29, 0.717) is 24.1 Å². The third kappa shape index (κ3) is 4.62. The highest BCUT2D eigenvalue weighted by Crippen LogP contribution is 2.38. The van der Waals surface area contributed by atoms with Crippen molar-refractivity contribution in [1.82, 2.24) is 19.9 Å². The fourth-order valence-corrected chi connectivity index (χ4v) is 3.36. The minimum absolute atomic E-state index is 0.0493. The van der Waals surface area contributed by atoms with Gasteiger partial charge in [-0.25, -0.2) is 4.68 Å². The summed E-state index contributed by atoms with van der Waals surface area (Å²) in [5.41, 5.74) is -1.43. The fraction of sp³-hybridized carbons (Fsp3) is 0.227. The Balaban J connectivity index is 1.79. The molecule has 4 rings (SSSR count). The zero-order chi connectivity index (χ0) is 23.8. The van der Waals surface area contributed by atoms with Crippen LogP contribution >= 0.6 is 0 Å². The predicted molar refractivity (Wildman–Crippen MR) is 106 cm³/mol. The van der Waals surface area contributed by atoms with Crippen LogP contribution in [0, 0.1) is 0 Å². The smallest absolute Gasteiger partial charge is 0.333 e. The molecule has 0 amide bonds. The maximum atomic E-state index is 13.2. The van der Waals surface area contributed by atoms with Gasteiger partial charge >= 0.3 is 12.4 Å². The standard InChI is InChI=1S/C22H16F6N4O/c1-2-6-18-17(12-29-32(18)16-7-4-3-5-8-16)20-30-19(31-33-20)13-9-14(21(23,24)25)11-15(10-13)22(26,27)28/h3-5,7-12H,2,6H2,1H3. The Hall–Kier alpha value is -3.63. The van der Waals surface area contributed by atoms with Gasteiger partial charge in [0.15, 0.2) is 0 Å². The molecular weight excluding hydrogens is 450 g/mol. The highest BCUT2D eigenvalue weighted by molar-refractivity contribution is 5.63. The topological polar surface area (TPSA) is 56.7 Å². The summed E-state index contributed by atoms with van der Waals surface area (Å²) in [5.74, 6) is -0.446. The molecule has 0 atom stereocenters. The Morgan fingerprint density at radius 3 is 2.12 bits per heavy atom. The molecule has 0 spiro atoms. The van der Waals surface area contributed by atoms with Crippen LogP contribution in [-0.2, 0) is 18.8 Å². The van der Waals surface area contributed by atoms with Crippen LogP contribution in [0.2, 0.25) is 0 Å². The first-order valence-corrected chi connectivity index (χ1v) is 9.84. The quantitative estimate of drug-likeness (QED) is 0.312. The summed E-state index contributed by atoms with van der Waals surface area (Å²) in [6.07, 6.45) is -7.16. The van der Waals surface area contributed by atoms with Crippen LogP contribution in [0.5, 0.6) is 0 Å². The number of rotatable bonds is 5. The van der Waals surface area contributed by atoms with Crippen molar-refractivity contribution >= 4 is 0 Å². The van der Waals surface area contributed by atoms with E-state index in [2.05, 4.69) is 15.2 Å². The summed E-state index contributed by atoms with van der Waals surface area (Å²) in [5, 5.41) is 7.98. The molecule has 33 heavy (non-hydrogen) atoms. The molecule has 0 aliphatic heterocycles. The monoisotopic (exact) mass is 466 g/mol. The molecule has 4 aromatic rings. The summed E-state index contributed by atoms with van der Waals surface area (Å²) in [7, 11) is 0. The van der Waals surface area contributed by atoms with E-state index in [9.17, 15) is 26.3 Å². The first kappa shape index (κ1) is 22.6. The van der Waals surface area contributed by atoms with E-state index in [0.717, 1.165) is 17.8 Å². The Labute approximate surface area is 183 Å². The maximum absolute atomic E-state index is 13.2. The van der Waals surface area contributed by atoms with Crippen molar-refractivity contribution in [1.29, 1.82) is 0 Å². The van der Waals surface area contributed by atoms with Crippen molar-refractivity contribution in [2.24, 2.45) is 0 Å². The molecule has 2 aromatic heterocycles. The molecule has 0 fully saturated rings. The van der Waals surface area contributed by atoms with Crippen LogP contribution in [0.15, 0.2) is 59.3 Å². The summed E-state index contributed by atoms with van der Waals surface area (Å²) >= 11 is 0. The van der Waals surface area contributed by atoms with Gasteiger partial charge in [-0.2, -0.15) is 36.4 Å². The van der Waals surface area contributed by atoms with E-state index < -0.39 is 34.9 Å². The Morgan fingerprint density at radius 2 is 1.55 bits per heavy atom. The zero-order valence-corrected chi connectivity index (χ0v) is 17.1. The van der Waals surface area contributed by atoms with Crippen LogP contribution in [0.3, 0.4) is 0 Å². The number of benzene rings is 2. The minimum atomic E-state index is -4.98. The second-order valence-corrected chi connectivity index (χ2v) is 7.22. The highest BCUT2D eigenvalue weighted by atomic mass is 19.4. The molecule has 0 saturated carbocycles. The lowest BCUT2D eigenvalue weighted by atomic mass is 10.0. The molecule has 0 aliphatic carbocycles. The normalized spacial score (nSPS) is 12.3. The molecule has 2 aromatic carbocycles. The molecule has 172 valence electrons. The van der Waals surface area contributed by atoms with E-state index in [1.54, 1.807) is 4.68 Å². The second kappa shape index (κ2) is 8.38. The number of para-hydroxylation sites is 1. The van der Waals surface area contributed by atoms with Crippen molar-refractivity contribution in [3.63, 3.8) is 0 Å². The molecule has 0 aliphatic rings. The molecule has 0 saturated heterocycles. The van der Waals surface area contributed by atoms with Gasteiger partial charge in [-0.1, -0.05) is 36.7 Å². The van der Waals surface area contributed by atoms with Gasteiger partial charge in [0.25, 0.3) is 5.89 Å². The van der Waals surface area contributed by atoms with Gasteiger partial charge in [-0.15, -0.1) is 0 Å². The van der Waals surface area contributed by atoms with Crippen LogP contribution in [0.25, 0.3) is 28.5 Å². The van der Waals surface area contributed by atoms with Gasteiger partial charge < -0.3 is 4.52 Å². The van der Waals surface area contributed by atoms with Gasteiger partial charge in [-0.05, 0) is 36.8 Å². The maximum Gasteiger partial charge on any atom is 0.416 e. The lowest BCUT2D eigenvalue weighted by Gasteiger charge is -2.12. The molecular formula is C22H16F6N4O. The SMILES string of the molecule is CCCc1c(-c2nc(-c3cc(C(F)(F)F)cc(C(F)(F)F)c3)no2)cnn1-c1ccccc1. The fourth-order valence-electron chi connectivity index (χ4n) is 3.36. The molecule has 2 heterocycles. The van der Waals surface area contributed by atoms with Crippen LogP contribution in [-0.4, -0.2) is 19.9 Å². The molecule has 0 N–H and O–H groups in total. The van der Waals surface area contributed by atoms with Gasteiger partial charge in [0.1, 0.15) is 0 Å². The number of nitrogens with zero attached hydrogens (tertiary/aromatic N) is 4. The number of halogens is 6. The molecule has 0 unspecified atom stereocenters. The summed E-state index contributed by atoms with van der Waals surface area (Å²) in [4.78, 5) is 4.08. The largest absolute Gasteiger partial charge is 0.416 e. The van der Waals surface area contributed by atoms with Crippen LogP contribution in [0.4, 0.5) is 26.3 Å². The average Bonchev–Trinajstić information content (AvgIpc) is 3.40. The minimum Gasteiger partial charge on any atom is -0.333 e. The summed E-state index contributed by atoms with van der Waals surface area (Å²) in [6.45, 7) is 1.95. The van der Waals surface area contributed by atoms with E-state index >= 15 is 0 Å². The van der Waals surface area contributed by atoms with E-state index in [1.165, 1.54) is 6.20 Å². The van der Waals surface area contributed by atoms with Crippen molar-refractivity contribution in [3.8, 4) is 28.5 Å². The van der Waals surface area contributed by atoms with Crippen molar-refractivity contribution in [3.05, 3.63) is 71.5 Å². The molecule has 5 nitrogen and oxygen atoms in total. The third-order valence-corrected chi connectivity index (χ3v) is 4.86. The van der Waals surface area contributed by atoms with E-state index in [1.807, 2.05) is 37.3 Å². The molecule has 11 heteroatoms. The van der Waals surface area contributed by atoms with Gasteiger partial charge in [0.2, 0.25) is 5.82 Å². The Bertz CT molecular complexity index is 1230. The summed E-state index contributed by atoms with van der Waals surface area (Å²) in [6, 6.07) is 10.4. The lowest BCUT2D eigenvalue weighted by molar-refractivity contribution is -0.143. The van der Waals surface area contributed by atoms with Gasteiger partial charge in [-0.3, -0.25) is 0 Å². The van der Waals surface area contributed by atoms with Crippen molar-refractivity contribution < 1.29 is 30.9 Å². The molecule has 0 bridgehead atoms. The predicted octanol–water partition coefficient (Wildman–Crippen LogP) is 6.58. The Kier molecular flexibility index (Phi) is 5.73. The van der Waals surface area contributed by atoms with Gasteiger partial charge in [0.05, 0.1) is 34.3 Å². The highest BCUT2D eigenvalue weighted by Gasteiger charge is 2.37. The Morgan fingerprint density at radius 1 is 0.909 bits per heavy atom. The van der Waals surface area contributed by atoms with Crippen molar-refractivity contribution in [2.45, 2.75) is 32.1 Å². The number of hydrogen-bond donors (Lipinski definition) is 0. The average molecular weight is 466 g/mol. The second-order valence-electron chi connectivity index (χ2n) is 7.22. The van der Waals surface area contributed by atoms with Crippen molar-refractivity contribution in [2.75, 3.05) is 0 Å². The first-order chi connectivity index (χ1) is 15.6. The van der Waals surface area contributed by atoms with E-state index in [4.69, 9.17) is 4.52 Å². The number of aromatic nitrogens is 4.